The van der Waals surface area contributed by atoms with E-state index in [2.05, 4.69) is 53.5 Å². The number of carbonyl (C=O) groups is 1. The molecule has 0 radical (unpaired) electrons. The smallest absolute Gasteiger partial charge is 0.304 e. The first-order valence-electron chi connectivity index (χ1n) is 10.0. The van der Waals surface area contributed by atoms with E-state index in [1.54, 1.807) is 5.57 Å². The predicted octanol–water partition coefficient (Wildman–Crippen LogP) is 3.40. The number of nitrogens with zero attached hydrogens (tertiary/aromatic N) is 1. The van der Waals surface area contributed by atoms with Crippen molar-refractivity contribution in [2.45, 2.75) is 51.1 Å². The lowest BCUT2D eigenvalue weighted by atomic mass is 9.60. The van der Waals surface area contributed by atoms with Crippen molar-refractivity contribution in [2.24, 2.45) is 11.3 Å². The van der Waals surface area contributed by atoms with Crippen LogP contribution in [0.25, 0.3) is 6.08 Å². The van der Waals surface area contributed by atoms with Gasteiger partial charge in [-0.25, -0.2) is 0 Å². The van der Waals surface area contributed by atoms with E-state index >= 15 is 0 Å². The Kier molecular flexibility index (Phi) is 4.89. The van der Waals surface area contributed by atoms with Gasteiger partial charge in [0.25, 0.3) is 0 Å². The quantitative estimate of drug-likeness (QED) is 0.751. The van der Waals surface area contributed by atoms with Crippen molar-refractivity contribution in [3.63, 3.8) is 0 Å². The fraction of sp³-hybridized carbons (Fsp3) is 0.591. The van der Waals surface area contributed by atoms with Gasteiger partial charge < -0.3 is 15.3 Å². The van der Waals surface area contributed by atoms with Crippen molar-refractivity contribution in [1.29, 1.82) is 0 Å². The van der Waals surface area contributed by atoms with Crippen LogP contribution in [0.3, 0.4) is 0 Å². The molecular formula is C22H30N2O2. The second-order valence-electron chi connectivity index (χ2n) is 8.56. The van der Waals surface area contributed by atoms with Gasteiger partial charge in [-0.05, 0) is 42.6 Å². The third-order valence-electron chi connectivity index (χ3n) is 6.40. The van der Waals surface area contributed by atoms with Crippen molar-refractivity contribution in [1.82, 2.24) is 10.2 Å². The van der Waals surface area contributed by atoms with E-state index in [0.29, 0.717) is 30.0 Å². The highest BCUT2D eigenvalue weighted by atomic mass is 16.4. The highest BCUT2D eigenvalue weighted by Crippen LogP contribution is 2.50. The van der Waals surface area contributed by atoms with Crippen molar-refractivity contribution in [2.75, 3.05) is 19.6 Å². The molecule has 4 rings (SSSR count). The molecule has 2 atom stereocenters. The minimum atomic E-state index is -0.686. The molecule has 3 aliphatic rings. The number of nitrogens with one attached hydrogen (secondary N) is 1. The molecule has 3 fully saturated rings. The van der Waals surface area contributed by atoms with E-state index in [1.165, 1.54) is 24.8 Å². The van der Waals surface area contributed by atoms with Crippen LogP contribution in [0.2, 0.25) is 0 Å². The molecule has 26 heavy (non-hydrogen) atoms. The number of hydrogen-bond donors (Lipinski definition) is 2. The van der Waals surface area contributed by atoms with E-state index < -0.39 is 5.97 Å². The lowest BCUT2D eigenvalue weighted by Crippen LogP contribution is -2.66. The topological polar surface area (TPSA) is 52.6 Å². The highest BCUT2D eigenvalue weighted by Gasteiger charge is 2.53. The van der Waals surface area contributed by atoms with Crippen LogP contribution in [0.5, 0.6) is 0 Å². The summed E-state index contributed by atoms with van der Waals surface area (Å²) in [6.45, 7) is 5.17. The maximum Gasteiger partial charge on any atom is 0.304 e. The molecule has 4 heteroatoms. The van der Waals surface area contributed by atoms with Crippen LogP contribution in [0.1, 0.15) is 44.6 Å². The Labute approximate surface area is 156 Å². The Bertz CT molecular complexity index is 671. The van der Waals surface area contributed by atoms with Crippen molar-refractivity contribution < 1.29 is 9.90 Å². The average Bonchev–Trinajstić information content (AvgIpc) is 3.32. The largest absolute Gasteiger partial charge is 0.481 e. The van der Waals surface area contributed by atoms with Crippen LogP contribution < -0.4 is 5.32 Å². The Hall–Kier alpha value is -1.65. The normalized spacial score (nSPS) is 27.8. The molecule has 2 N–H and O–H groups in total. The summed E-state index contributed by atoms with van der Waals surface area (Å²) in [4.78, 5) is 12.9. The number of carboxylic acids is 1. The van der Waals surface area contributed by atoms with Crippen LogP contribution >= 0.6 is 0 Å². The van der Waals surface area contributed by atoms with Gasteiger partial charge in [0.05, 0.1) is 6.42 Å². The fourth-order valence-electron chi connectivity index (χ4n) is 5.00. The fourth-order valence-corrected chi connectivity index (χ4v) is 5.00. The Morgan fingerprint density at radius 2 is 2.04 bits per heavy atom. The van der Waals surface area contributed by atoms with E-state index in [1.807, 2.05) is 0 Å². The monoisotopic (exact) mass is 354 g/mol. The zero-order valence-corrected chi connectivity index (χ0v) is 15.7. The van der Waals surface area contributed by atoms with Gasteiger partial charge in [-0.1, -0.05) is 48.9 Å². The van der Waals surface area contributed by atoms with Gasteiger partial charge in [0, 0.05) is 31.7 Å². The minimum Gasteiger partial charge on any atom is -0.481 e. The second-order valence-corrected chi connectivity index (χ2v) is 8.56. The summed E-state index contributed by atoms with van der Waals surface area (Å²) in [7, 11) is 0. The zero-order valence-electron chi connectivity index (χ0n) is 15.7. The summed E-state index contributed by atoms with van der Waals surface area (Å²) < 4.78 is 0. The molecule has 0 aromatic heterocycles. The third kappa shape index (κ3) is 3.86. The molecule has 1 aliphatic heterocycles. The van der Waals surface area contributed by atoms with Gasteiger partial charge in [-0.15, -0.1) is 0 Å². The minimum absolute atomic E-state index is 0.273. The Morgan fingerprint density at radius 1 is 1.31 bits per heavy atom. The molecule has 1 aromatic carbocycles. The lowest BCUT2D eigenvalue weighted by molar-refractivity contribution is -0.139. The lowest BCUT2D eigenvalue weighted by Gasteiger charge is -2.59. The number of aliphatic carboxylic acids is 1. The highest BCUT2D eigenvalue weighted by molar-refractivity contribution is 5.66. The summed E-state index contributed by atoms with van der Waals surface area (Å²) in [6.07, 6.45) is 7.59. The van der Waals surface area contributed by atoms with Crippen LogP contribution in [-0.2, 0) is 4.79 Å². The van der Waals surface area contributed by atoms with E-state index in [-0.39, 0.29) is 6.42 Å². The van der Waals surface area contributed by atoms with Gasteiger partial charge in [-0.2, -0.15) is 0 Å². The molecule has 2 aliphatic carbocycles. The first-order chi connectivity index (χ1) is 12.6. The van der Waals surface area contributed by atoms with Gasteiger partial charge in [0.2, 0.25) is 0 Å². The summed E-state index contributed by atoms with van der Waals surface area (Å²) in [5, 5.41) is 12.6. The average molecular weight is 354 g/mol. The van der Waals surface area contributed by atoms with Crippen LogP contribution in [0.15, 0.2) is 35.9 Å². The molecule has 1 spiro atoms. The maximum absolute atomic E-state index is 10.7. The molecule has 0 bridgehead atoms. The van der Waals surface area contributed by atoms with Crippen molar-refractivity contribution >= 4 is 12.0 Å². The van der Waals surface area contributed by atoms with Gasteiger partial charge in [0.15, 0.2) is 0 Å². The summed E-state index contributed by atoms with van der Waals surface area (Å²) in [6, 6.07) is 12.0. The van der Waals surface area contributed by atoms with Crippen molar-refractivity contribution in [3.8, 4) is 0 Å². The zero-order chi connectivity index (χ0) is 18.1. The Balaban J connectivity index is 1.20. The van der Waals surface area contributed by atoms with E-state index in [9.17, 15) is 4.79 Å². The molecule has 2 unspecified atom stereocenters. The molecule has 0 amide bonds. The Morgan fingerprint density at radius 3 is 2.69 bits per heavy atom. The molecule has 1 aromatic rings. The summed E-state index contributed by atoms with van der Waals surface area (Å²) in [5.41, 5.74) is 3.38. The molecule has 4 nitrogen and oxygen atoms in total. The summed E-state index contributed by atoms with van der Waals surface area (Å²) in [5.74, 6) is 0.0272. The summed E-state index contributed by atoms with van der Waals surface area (Å²) >= 11 is 0. The number of benzene rings is 1. The molecular weight excluding hydrogens is 324 g/mol. The molecule has 1 heterocycles. The third-order valence-corrected chi connectivity index (χ3v) is 6.40. The van der Waals surface area contributed by atoms with Gasteiger partial charge >= 0.3 is 5.97 Å². The number of rotatable bonds is 8. The molecule has 140 valence electrons. The van der Waals surface area contributed by atoms with E-state index in [0.717, 1.165) is 19.5 Å². The standard InChI is InChI=1S/C22H30N2O2/c1-2-17(10-16-6-4-3-5-7-16)19-11-20(19)23-18-12-22(13-18)14-24(15-22)9-8-21(25)26/h3-7,10,18-20,23H,2,8-9,11-15H2,1H3,(H,25,26)/b17-10+. The number of carboxylic acid groups (broad SMARTS) is 1. The van der Waals surface area contributed by atoms with Gasteiger partial charge in [-0.3, -0.25) is 4.79 Å². The number of likely N-dealkylation sites (tertiary alicyclic amines) is 1. The second kappa shape index (κ2) is 7.16. The van der Waals surface area contributed by atoms with Crippen LogP contribution in [0, 0.1) is 11.3 Å². The number of hydrogen-bond acceptors (Lipinski definition) is 3. The SMILES string of the molecule is CC/C(=C\c1ccccc1)C1CC1NC1CC2(C1)CN(CCC(=O)O)C2. The van der Waals surface area contributed by atoms with Crippen LogP contribution in [-0.4, -0.2) is 47.7 Å². The molecule has 1 saturated heterocycles. The van der Waals surface area contributed by atoms with E-state index in [4.69, 9.17) is 5.11 Å². The van der Waals surface area contributed by atoms with Gasteiger partial charge in [0.1, 0.15) is 0 Å². The van der Waals surface area contributed by atoms with Crippen molar-refractivity contribution in [3.05, 3.63) is 41.5 Å². The first kappa shape index (κ1) is 17.7. The van der Waals surface area contributed by atoms with Crippen LogP contribution in [0.4, 0.5) is 0 Å². The maximum atomic E-state index is 10.7. The first-order valence-corrected chi connectivity index (χ1v) is 10.0. The molecule has 2 saturated carbocycles. The predicted molar refractivity (Wildman–Crippen MR) is 104 cm³/mol.